The van der Waals surface area contributed by atoms with Crippen molar-refractivity contribution in [2.75, 3.05) is 0 Å². The summed E-state index contributed by atoms with van der Waals surface area (Å²) in [6.07, 6.45) is 4.30. The molecule has 1 rings (SSSR count). The molecule has 0 atom stereocenters. The Balaban J connectivity index is 2.33. The van der Waals surface area contributed by atoms with E-state index in [9.17, 15) is 0 Å². The fourth-order valence-electron chi connectivity index (χ4n) is 1.41. The van der Waals surface area contributed by atoms with Crippen LogP contribution in [0.4, 0.5) is 0 Å². The van der Waals surface area contributed by atoms with Crippen LogP contribution in [0.25, 0.3) is 0 Å². The van der Waals surface area contributed by atoms with Gasteiger partial charge in [-0.05, 0) is 24.7 Å². The molecular formula is C8H15I. The molecule has 0 aromatic heterocycles. The highest BCUT2D eigenvalue weighted by molar-refractivity contribution is 14.1. The molecule has 0 amide bonds. The smallest absolute Gasteiger partial charge is 0.0171 e. The van der Waals surface area contributed by atoms with Crippen LogP contribution in [-0.2, 0) is 0 Å². The quantitative estimate of drug-likeness (QED) is 0.511. The van der Waals surface area contributed by atoms with Crippen LogP contribution in [0, 0.1) is 5.41 Å². The van der Waals surface area contributed by atoms with Crippen LogP contribution < -0.4 is 0 Å². The number of alkyl halides is 1. The number of hydrogen-bond acceptors (Lipinski definition) is 0. The predicted octanol–water partition coefficient (Wildman–Crippen LogP) is 3.39. The van der Waals surface area contributed by atoms with Crippen molar-refractivity contribution in [3.05, 3.63) is 0 Å². The molecule has 0 saturated heterocycles. The molecule has 0 N–H and O–H groups in total. The summed E-state index contributed by atoms with van der Waals surface area (Å²) in [4.78, 5) is 0. The van der Waals surface area contributed by atoms with Crippen molar-refractivity contribution in [2.24, 2.45) is 5.41 Å². The Morgan fingerprint density at radius 2 is 1.89 bits per heavy atom. The average molecular weight is 238 g/mol. The molecule has 1 fully saturated rings. The largest absolute Gasteiger partial charge is 0.0795 e. The van der Waals surface area contributed by atoms with Crippen molar-refractivity contribution in [3.8, 4) is 0 Å². The molecule has 1 heteroatoms. The van der Waals surface area contributed by atoms with Gasteiger partial charge in [-0.1, -0.05) is 43.4 Å². The minimum absolute atomic E-state index is 0.517. The normalized spacial score (nSPS) is 24.0. The Hall–Kier alpha value is 0.730. The van der Waals surface area contributed by atoms with Gasteiger partial charge in [0.2, 0.25) is 0 Å². The van der Waals surface area contributed by atoms with Crippen molar-refractivity contribution in [1.29, 1.82) is 0 Å². The van der Waals surface area contributed by atoms with E-state index in [1.54, 1.807) is 0 Å². The van der Waals surface area contributed by atoms with Gasteiger partial charge in [0.15, 0.2) is 0 Å². The van der Waals surface area contributed by atoms with Gasteiger partial charge in [0, 0.05) is 3.42 Å². The van der Waals surface area contributed by atoms with Crippen LogP contribution in [0.5, 0.6) is 0 Å². The van der Waals surface area contributed by atoms with E-state index in [0.29, 0.717) is 3.42 Å². The Labute approximate surface area is 71.5 Å². The van der Waals surface area contributed by atoms with E-state index in [2.05, 4.69) is 43.4 Å². The van der Waals surface area contributed by atoms with Gasteiger partial charge in [0.05, 0.1) is 0 Å². The molecular weight excluding hydrogens is 223 g/mol. The lowest BCUT2D eigenvalue weighted by Crippen LogP contribution is -2.14. The van der Waals surface area contributed by atoms with Gasteiger partial charge in [0.1, 0.15) is 0 Å². The topological polar surface area (TPSA) is 0 Å². The van der Waals surface area contributed by atoms with Gasteiger partial charge >= 0.3 is 0 Å². The Morgan fingerprint density at radius 3 is 2.00 bits per heavy atom. The number of hydrogen-bond donors (Lipinski definition) is 0. The van der Waals surface area contributed by atoms with E-state index in [0.717, 1.165) is 5.41 Å². The molecule has 0 bridgehead atoms. The molecule has 0 spiro atoms. The molecule has 1 aliphatic rings. The highest BCUT2D eigenvalue weighted by Gasteiger charge is 2.40. The van der Waals surface area contributed by atoms with E-state index < -0.39 is 0 Å². The first-order valence-corrected chi connectivity index (χ1v) is 4.68. The van der Waals surface area contributed by atoms with E-state index in [-0.39, 0.29) is 0 Å². The second-order valence-electron chi connectivity index (χ2n) is 4.21. The van der Waals surface area contributed by atoms with Gasteiger partial charge < -0.3 is 0 Å². The van der Waals surface area contributed by atoms with Gasteiger partial charge in [-0.25, -0.2) is 0 Å². The molecule has 0 heterocycles. The summed E-state index contributed by atoms with van der Waals surface area (Å²) in [6.45, 7) is 7.03. The lowest BCUT2D eigenvalue weighted by molar-refractivity contribution is 0.464. The summed E-state index contributed by atoms with van der Waals surface area (Å²) >= 11 is 2.54. The number of halogens is 1. The fraction of sp³-hybridized carbons (Fsp3) is 1.00. The van der Waals surface area contributed by atoms with Crippen LogP contribution in [0.1, 0.15) is 40.0 Å². The third kappa shape index (κ3) is 2.87. The van der Waals surface area contributed by atoms with E-state index in [4.69, 9.17) is 0 Å². The molecule has 1 saturated carbocycles. The highest BCUT2D eigenvalue weighted by Crippen LogP contribution is 2.52. The summed E-state index contributed by atoms with van der Waals surface area (Å²) in [5.41, 5.74) is 0.727. The molecule has 9 heavy (non-hydrogen) atoms. The Morgan fingerprint density at radius 1 is 1.44 bits per heavy atom. The van der Waals surface area contributed by atoms with Crippen molar-refractivity contribution in [1.82, 2.24) is 0 Å². The van der Waals surface area contributed by atoms with Gasteiger partial charge in [0.25, 0.3) is 0 Å². The van der Waals surface area contributed by atoms with Crippen molar-refractivity contribution < 1.29 is 0 Å². The lowest BCUT2D eigenvalue weighted by atomic mass is 9.96. The molecule has 0 aliphatic heterocycles. The summed E-state index contributed by atoms with van der Waals surface area (Å²) in [5.74, 6) is 0. The van der Waals surface area contributed by atoms with Crippen molar-refractivity contribution >= 4 is 22.6 Å². The molecule has 54 valence electrons. The second kappa shape index (κ2) is 2.11. The summed E-state index contributed by atoms with van der Waals surface area (Å²) in [7, 11) is 0. The zero-order chi connectivity index (χ0) is 7.12. The summed E-state index contributed by atoms with van der Waals surface area (Å²) in [6, 6.07) is 0. The molecule has 1 aliphatic carbocycles. The van der Waals surface area contributed by atoms with E-state index >= 15 is 0 Å². The van der Waals surface area contributed by atoms with Crippen molar-refractivity contribution in [2.45, 2.75) is 43.5 Å². The summed E-state index contributed by atoms with van der Waals surface area (Å²) < 4.78 is 0.517. The van der Waals surface area contributed by atoms with Crippen molar-refractivity contribution in [3.63, 3.8) is 0 Å². The lowest BCUT2D eigenvalue weighted by Gasteiger charge is -2.20. The van der Waals surface area contributed by atoms with Crippen LogP contribution >= 0.6 is 22.6 Å². The average Bonchev–Trinajstić information content (AvgIpc) is 2.12. The summed E-state index contributed by atoms with van der Waals surface area (Å²) in [5, 5.41) is 0. The monoisotopic (exact) mass is 238 g/mol. The minimum Gasteiger partial charge on any atom is -0.0795 e. The maximum Gasteiger partial charge on any atom is 0.0171 e. The standard InChI is InChI=1S/C8H15I/c1-7(2,9)6-8(3)4-5-8/h4-6H2,1-3H3. The fourth-order valence-corrected chi connectivity index (χ4v) is 2.33. The molecule has 0 aromatic carbocycles. The second-order valence-corrected chi connectivity index (χ2v) is 7.13. The first-order chi connectivity index (χ1) is 3.91. The Kier molecular flexibility index (Phi) is 1.83. The zero-order valence-corrected chi connectivity index (χ0v) is 8.66. The SMILES string of the molecule is CC(C)(I)CC1(C)CC1. The van der Waals surface area contributed by atoms with Crippen LogP contribution in [0.15, 0.2) is 0 Å². The van der Waals surface area contributed by atoms with Gasteiger partial charge in [-0.2, -0.15) is 0 Å². The van der Waals surface area contributed by atoms with Crippen LogP contribution in [-0.4, -0.2) is 3.42 Å². The Bertz CT molecular complexity index is 103. The van der Waals surface area contributed by atoms with E-state index in [1.165, 1.54) is 19.3 Å². The first kappa shape index (κ1) is 7.83. The third-order valence-corrected chi connectivity index (χ3v) is 2.33. The van der Waals surface area contributed by atoms with Gasteiger partial charge in [-0.3, -0.25) is 0 Å². The molecule has 0 aromatic rings. The zero-order valence-electron chi connectivity index (χ0n) is 6.50. The molecule has 0 unspecified atom stereocenters. The number of rotatable bonds is 2. The van der Waals surface area contributed by atoms with E-state index in [1.807, 2.05) is 0 Å². The van der Waals surface area contributed by atoms with Crippen LogP contribution in [0.2, 0.25) is 0 Å². The highest BCUT2D eigenvalue weighted by atomic mass is 127. The maximum absolute atomic E-state index is 2.54. The minimum atomic E-state index is 0.517. The first-order valence-electron chi connectivity index (χ1n) is 3.60. The van der Waals surface area contributed by atoms with Gasteiger partial charge in [-0.15, -0.1) is 0 Å². The third-order valence-electron chi connectivity index (χ3n) is 1.95. The predicted molar refractivity (Wildman–Crippen MR) is 50.1 cm³/mol. The molecule has 0 nitrogen and oxygen atoms in total. The maximum atomic E-state index is 2.54. The molecule has 0 radical (unpaired) electrons. The van der Waals surface area contributed by atoms with Crippen LogP contribution in [0.3, 0.4) is 0 Å².